The van der Waals surface area contributed by atoms with Crippen molar-refractivity contribution in [2.75, 3.05) is 13.1 Å². The van der Waals surface area contributed by atoms with Crippen molar-refractivity contribution in [1.82, 2.24) is 10.2 Å². The number of likely N-dealkylation sites (tertiary alicyclic amines) is 1. The highest BCUT2D eigenvalue weighted by molar-refractivity contribution is 8.00. The van der Waals surface area contributed by atoms with Gasteiger partial charge in [0, 0.05) is 35.6 Å². The number of benzene rings is 1. The zero-order valence-electron chi connectivity index (χ0n) is 17.9. The standard InChI is InChI=1S/C23H30ClN3O3S/c1-16-21(17-8-10-19(24)11-9-17)31(29,30)26-22(16)27-14-12-18(13-15-27)23(28)25-20-6-4-2-3-5-7-20/h8-11,18,20H,2-7,12-15H2,1H3,(H,25,28). The Labute approximate surface area is 189 Å². The van der Waals surface area contributed by atoms with Gasteiger partial charge in [-0.2, -0.15) is 8.42 Å². The molecule has 0 spiro atoms. The monoisotopic (exact) mass is 463 g/mol. The van der Waals surface area contributed by atoms with Crippen molar-refractivity contribution < 1.29 is 13.2 Å². The van der Waals surface area contributed by atoms with Gasteiger partial charge in [-0.25, -0.2) is 0 Å². The van der Waals surface area contributed by atoms with E-state index < -0.39 is 10.0 Å². The Balaban J connectivity index is 1.41. The second kappa shape index (κ2) is 9.33. The first-order chi connectivity index (χ1) is 14.8. The summed E-state index contributed by atoms with van der Waals surface area (Å²) in [5, 5.41) is 3.82. The van der Waals surface area contributed by atoms with Gasteiger partial charge in [0.15, 0.2) is 0 Å². The molecule has 1 aromatic rings. The van der Waals surface area contributed by atoms with E-state index in [2.05, 4.69) is 9.71 Å². The molecule has 2 aliphatic heterocycles. The number of carbonyl (C=O) groups excluding carboxylic acids is 1. The largest absolute Gasteiger partial charge is 0.356 e. The molecule has 6 nitrogen and oxygen atoms in total. The van der Waals surface area contributed by atoms with Crippen molar-refractivity contribution in [3.63, 3.8) is 0 Å². The Morgan fingerprint density at radius 1 is 1.03 bits per heavy atom. The SMILES string of the molecule is CC1=C(c2ccc(Cl)cc2)S(=O)(=O)N=C1N1CCC(C(=O)NC2CCCCCC2)CC1. The molecule has 0 radical (unpaired) electrons. The van der Waals surface area contributed by atoms with Crippen LogP contribution in [-0.4, -0.2) is 44.2 Å². The molecule has 2 heterocycles. The minimum atomic E-state index is -3.75. The summed E-state index contributed by atoms with van der Waals surface area (Å²) in [6, 6.07) is 7.10. The van der Waals surface area contributed by atoms with Crippen molar-refractivity contribution in [3.05, 3.63) is 40.4 Å². The van der Waals surface area contributed by atoms with Gasteiger partial charge in [-0.3, -0.25) is 4.79 Å². The second-order valence-corrected chi connectivity index (χ2v) is 10.8. The molecule has 0 unspecified atom stereocenters. The number of hydrogen-bond acceptors (Lipinski definition) is 4. The fraction of sp³-hybridized carbons (Fsp3) is 0.565. The summed E-state index contributed by atoms with van der Waals surface area (Å²) in [6.45, 7) is 3.06. The molecule has 0 atom stereocenters. The maximum Gasteiger partial charge on any atom is 0.285 e. The molecule has 31 heavy (non-hydrogen) atoms. The molecule has 1 aliphatic carbocycles. The Bertz CT molecular complexity index is 985. The highest BCUT2D eigenvalue weighted by atomic mass is 35.5. The predicted octanol–water partition coefficient (Wildman–Crippen LogP) is 4.36. The van der Waals surface area contributed by atoms with E-state index in [0.717, 1.165) is 12.8 Å². The Morgan fingerprint density at radius 2 is 1.65 bits per heavy atom. The lowest BCUT2D eigenvalue weighted by molar-refractivity contribution is -0.127. The minimum Gasteiger partial charge on any atom is -0.356 e. The molecule has 1 aromatic carbocycles. The highest BCUT2D eigenvalue weighted by Crippen LogP contribution is 2.35. The number of carbonyl (C=O) groups is 1. The van der Waals surface area contributed by atoms with E-state index in [-0.39, 0.29) is 16.7 Å². The number of halogens is 1. The van der Waals surface area contributed by atoms with Gasteiger partial charge in [0.05, 0.1) is 0 Å². The third-order valence-electron chi connectivity index (χ3n) is 6.61. The van der Waals surface area contributed by atoms with Gasteiger partial charge in [-0.1, -0.05) is 49.4 Å². The normalized spacial score (nSPS) is 22.9. The van der Waals surface area contributed by atoms with Crippen LogP contribution >= 0.6 is 11.6 Å². The number of piperidine rings is 1. The Morgan fingerprint density at radius 3 is 2.26 bits per heavy atom. The van der Waals surface area contributed by atoms with E-state index >= 15 is 0 Å². The number of hydrogen-bond donors (Lipinski definition) is 1. The lowest BCUT2D eigenvalue weighted by atomic mass is 9.94. The van der Waals surface area contributed by atoms with Crippen molar-refractivity contribution in [2.24, 2.45) is 10.3 Å². The molecular formula is C23H30ClN3O3S. The van der Waals surface area contributed by atoms with Crippen LogP contribution in [0.3, 0.4) is 0 Å². The van der Waals surface area contributed by atoms with Gasteiger partial charge in [0.1, 0.15) is 10.7 Å². The summed E-state index contributed by atoms with van der Waals surface area (Å²) in [5.74, 6) is 0.646. The Kier molecular flexibility index (Phi) is 6.72. The van der Waals surface area contributed by atoms with Crippen LogP contribution < -0.4 is 5.32 Å². The molecule has 4 rings (SSSR count). The van der Waals surface area contributed by atoms with E-state index in [1.807, 2.05) is 4.90 Å². The van der Waals surface area contributed by atoms with E-state index in [9.17, 15) is 13.2 Å². The van der Waals surface area contributed by atoms with Crippen molar-refractivity contribution in [2.45, 2.75) is 64.3 Å². The zero-order chi connectivity index (χ0) is 22.0. The minimum absolute atomic E-state index is 0.0156. The molecule has 3 aliphatic rings. The van der Waals surface area contributed by atoms with E-state index in [1.54, 1.807) is 31.2 Å². The van der Waals surface area contributed by atoms with E-state index in [4.69, 9.17) is 11.6 Å². The van der Waals surface area contributed by atoms with Gasteiger partial charge in [-0.15, -0.1) is 4.40 Å². The third-order valence-corrected chi connectivity index (χ3v) is 8.34. The lowest BCUT2D eigenvalue weighted by Crippen LogP contribution is -2.45. The smallest absolute Gasteiger partial charge is 0.285 e. The average Bonchev–Trinajstić information content (AvgIpc) is 2.91. The topological polar surface area (TPSA) is 78.8 Å². The molecule has 168 valence electrons. The Hall–Kier alpha value is -1.86. The van der Waals surface area contributed by atoms with E-state index in [0.29, 0.717) is 54.0 Å². The molecular weight excluding hydrogens is 434 g/mol. The number of sulfonamides is 1. The van der Waals surface area contributed by atoms with Crippen LogP contribution in [-0.2, 0) is 14.8 Å². The molecule has 1 saturated carbocycles. The van der Waals surface area contributed by atoms with Gasteiger partial charge in [0.25, 0.3) is 10.0 Å². The molecule has 1 amide bonds. The number of amides is 1. The number of nitrogens with zero attached hydrogens (tertiary/aromatic N) is 2. The van der Waals surface area contributed by atoms with Crippen molar-refractivity contribution in [3.8, 4) is 0 Å². The summed E-state index contributed by atoms with van der Waals surface area (Å²) >= 11 is 5.95. The van der Waals surface area contributed by atoms with Crippen LogP contribution in [0.5, 0.6) is 0 Å². The highest BCUT2D eigenvalue weighted by Gasteiger charge is 2.36. The zero-order valence-corrected chi connectivity index (χ0v) is 19.5. The summed E-state index contributed by atoms with van der Waals surface area (Å²) in [4.78, 5) is 15.0. The van der Waals surface area contributed by atoms with Crippen LogP contribution in [0.1, 0.15) is 63.9 Å². The average molecular weight is 464 g/mol. The van der Waals surface area contributed by atoms with Gasteiger partial charge in [0.2, 0.25) is 5.91 Å². The number of rotatable bonds is 3. The summed E-state index contributed by atoms with van der Waals surface area (Å²) in [6.07, 6.45) is 8.50. The van der Waals surface area contributed by atoms with Crippen molar-refractivity contribution in [1.29, 1.82) is 0 Å². The molecule has 2 fully saturated rings. The van der Waals surface area contributed by atoms with Crippen LogP contribution in [0.25, 0.3) is 4.91 Å². The van der Waals surface area contributed by atoms with E-state index in [1.165, 1.54) is 25.7 Å². The van der Waals surface area contributed by atoms with Crippen LogP contribution in [0, 0.1) is 5.92 Å². The molecule has 8 heteroatoms. The van der Waals surface area contributed by atoms with Crippen LogP contribution in [0.15, 0.2) is 34.2 Å². The maximum absolute atomic E-state index is 12.8. The van der Waals surface area contributed by atoms with Crippen LogP contribution in [0.2, 0.25) is 5.02 Å². The predicted molar refractivity (Wildman–Crippen MR) is 124 cm³/mol. The molecule has 0 aromatic heterocycles. The van der Waals surface area contributed by atoms with Crippen LogP contribution in [0.4, 0.5) is 0 Å². The fourth-order valence-electron chi connectivity index (χ4n) is 4.88. The van der Waals surface area contributed by atoms with Gasteiger partial charge < -0.3 is 10.2 Å². The number of amidine groups is 1. The molecule has 1 N–H and O–H groups in total. The summed E-state index contributed by atoms with van der Waals surface area (Å²) in [5.41, 5.74) is 1.25. The first-order valence-corrected chi connectivity index (χ1v) is 13.0. The lowest BCUT2D eigenvalue weighted by Gasteiger charge is -2.33. The summed E-state index contributed by atoms with van der Waals surface area (Å²) in [7, 11) is -3.75. The molecule has 1 saturated heterocycles. The van der Waals surface area contributed by atoms with Gasteiger partial charge in [-0.05, 0) is 50.3 Å². The van der Waals surface area contributed by atoms with Crippen molar-refractivity contribution >= 4 is 38.3 Å². The number of nitrogens with one attached hydrogen (secondary N) is 1. The third kappa shape index (κ3) is 4.98. The second-order valence-electron chi connectivity index (χ2n) is 8.81. The fourth-order valence-corrected chi connectivity index (χ4v) is 6.49. The van der Waals surface area contributed by atoms with Gasteiger partial charge >= 0.3 is 0 Å². The quantitative estimate of drug-likeness (QED) is 0.675. The molecule has 0 bridgehead atoms. The summed E-state index contributed by atoms with van der Waals surface area (Å²) < 4.78 is 29.6. The first kappa shape index (κ1) is 22.3. The first-order valence-electron chi connectivity index (χ1n) is 11.2. The maximum atomic E-state index is 12.8.